The quantitative estimate of drug-likeness (QED) is 0.784. The molecule has 1 aromatic carbocycles. The number of methoxy groups -OCH3 is 1. The summed E-state index contributed by atoms with van der Waals surface area (Å²) in [6.45, 7) is 0. The van der Waals surface area contributed by atoms with Gasteiger partial charge in [0.2, 0.25) is 0 Å². The number of benzene rings is 1. The van der Waals surface area contributed by atoms with E-state index in [0.29, 0.717) is 6.04 Å². The first kappa shape index (κ1) is 15.0. The number of ether oxygens (including phenoxy) is 1. The first-order valence-corrected chi connectivity index (χ1v) is 8.59. The van der Waals surface area contributed by atoms with E-state index in [1.165, 1.54) is 32.1 Å². The van der Waals surface area contributed by atoms with Crippen LogP contribution in [0.1, 0.15) is 32.1 Å². The zero-order chi connectivity index (χ0) is 16.4. The van der Waals surface area contributed by atoms with Gasteiger partial charge in [-0.15, -0.1) is 5.10 Å². The van der Waals surface area contributed by atoms with Crippen molar-refractivity contribution < 1.29 is 4.74 Å². The lowest BCUT2D eigenvalue weighted by molar-refractivity contribution is 0.415. The molecule has 1 N–H and O–H groups in total. The third-order valence-corrected chi connectivity index (χ3v) is 4.71. The maximum absolute atomic E-state index is 5.23. The normalized spacial score (nSPS) is 15.5. The fourth-order valence-electron chi connectivity index (χ4n) is 3.36. The van der Waals surface area contributed by atoms with Crippen molar-refractivity contribution in [3.8, 4) is 17.0 Å². The summed E-state index contributed by atoms with van der Waals surface area (Å²) >= 11 is 0. The molecule has 1 fully saturated rings. The van der Waals surface area contributed by atoms with Crippen molar-refractivity contribution >= 4 is 11.5 Å². The van der Waals surface area contributed by atoms with Crippen LogP contribution in [0, 0.1) is 0 Å². The van der Waals surface area contributed by atoms with Gasteiger partial charge >= 0.3 is 0 Å². The molecule has 0 amide bonds. The number of hydrogen-bond donors (Lipinski definition) is 1. The maximum atomic E-state index is 5.23. The summed E-state index contributed by atoms with van der Waals surface area (Å²) in [7, 11) is 1.67. The van der Waals surface area contributed by atoms with Crippen LogP contribution in [0.3, 0.4) is 0 Å². The Bertz CT molecular complexity index is 819. The number of nitrogens with one attached hydrogen (secondary N) is 1. The third-order valence-electron chi connectivity index (χ3n) is 4.71. The summed E-state index contributed by atoms with van der Waals surface area (Å²) in [4.78, 5) is 4.47. The zero-order valence-electron chi connectivity index (χ0n) is 13.9. The SMILES string of the molecule is COc1ccc(-c2cnc3ccc(NC4CCCCC4)nn23)cc1. The molecule has 4 rings (SSSR count). The van der Waals surface area contributed by atoms with Gasteiger partial charge in [0.05, 0.1) is 19.0 Å². The molecule has 2 heterocycles. The van der Waals surface area contributed by atoms with Crippen molar-refractivity contribution in [3.05, 3.63) is 42.6 Å². The molecule has 5 heteroatoms. The Kier molecular flexibility index (Phi) is 4.07. The number of nitrogens with zero attached hydrogens (tertiary/aromatic N) is 3. The number of imidazole rings is 1. The van der Waals surface area contributed by atoms with E-state index in [9.17, 15) is 0 Å². The molecule has 5 nitrogen and oxygen atoms in total. The maximum Gasteiger partial charge on any atom is 0.154 e. The van der Waals surface area contributed by atoms with E-state index >= 15 is 0 Å². The highest BCUT2D eigenvalue weighted by atomic mass is 16.5. The zero-order valence-corrected chi connectivity index (χ0v) is 13.9. The van der Waals surface area contributed by atoms with Gasteiger partial charge in [-0.05, 0) is 49.2 Å². The van der Waals surface area contributed by atoms with Gasteiger partial charge in [0.1, 0.15) is 11.6 Å². The molecule has 0 spiro atoms. The molecular weight excluding hydrogens is 300 g/mol. The van der Waals surface area contributed by atoms with E-state index in [2.05, 4.69) is 10.3 Å². The van der Waals surface area contributed by atoms with Crippen LogP contribution in [0.2, 0.25) is 0 Å². The van der Waals surface area contributed by atoms with E-state index in [-0.39, 0.29) is 0 Å². The Morgan fingerprint density at radius 3 is 2.58 bits per heavy atom. The number of hydrogen-bond acceptors (Lipinski definition) is 4. The van der Waals surface area contributed by atoms with Gasteiger partial charge in [-0.3, -0.25) is 0 Å². The van der Waals surface area contributed by atoms with Gasteiger partial charge in [0.25, 0.3) is 0 Å². The minimum Gasteiger partial charge on any atom is -0.497 e. The van der Waals surface area contributed by atoms with Gasteiger partial charge in [-0.25, -0.2) is 9.50 Å². The summed E-state index contributed by atoms with van der Waals surface area (Å²) in [5.74, 6) is 1.77. The summed E-state index contributed by atoms with van der Waals surface area (Å²) in [6.07, 6.45) is 8.30. The highest BCUT2D eigenvalue weighted by molar-refractivity contribution is 5.64. The molecule has 0 saturated heterocycles. The second kappa shape index (κ2) is 6.51. The van der Waals surface area contributed by atoms with Gasteiger partial charge in [0, 0.05) is 11.6 Å². The second-order valence-electron chi connectivity index (χ2n) is 6.34. The molecule has 0 radical (unpaired) electrons. The smallest absolute Gasteiger partial charge is 0.154 e. The van der Waals surface area contributed by atoms with Gasteiger partial charge < -0.3 is 10.1 Å². The second-order valence-corrected chi connectivity index (χ2v) is 6.34. The summed E-state index contributed by atoms with van der Waals surface area (Å²) in [6, 6.07) is 12.6. The van der Waals surface area contributed by atoms with Crippen LogP contribution in [0.15, 0.2) is 42.6 Å². The lowest BCUT2D eigenvalue weighted by Crippen LogP contribution is -2.23. The summed E-state index contributed by atoms with van der Waals surface area (Å²) < 4.78 is 7.14. The van der Waals surface area contributed by atoms with Crippen LogP contribution in [-0.4, -0.2) is 27.7 Å². The van der Waals surface area contributed by atoms with E-state index < -0.39 is 0 Å². The fourth-order valence-corrected chi connectivity index (χ4v) is 3.36. The minimum absolute atomic E-state index is 0.539. The van der Waals surface area contributed by atoms with E-state index in [1.54, 1.807) is 7.11 Å². The van der Waals surface area contributed by atoms with Crippen molar-refractivity contribution in [1.29, 1.82) is 0 Å². The molecule has 24 heavy (non-hydrogen) atoms. The van der Waals surface area contributed by atoms with Crippen LogP contribution in [-0.2, 0) is 0 Å². The highest BCUT2D eigenvalue weighted by Gasteiger charge is 2.14. The van der Waals surface area contributed by atoms with Crippen LogP contribution < -0.4 is 10.1 Å². The molecule has 1 aliphatic rings. The molecular formula is C19H22N4O. The third kappa shape index (κ3) is 2.94. The molecule has 1 aliphatic carbocycles. The molecule has 1 saturated carbocycles. The summed E-state index contributed by atoms with van der Waals surface area (Å²) in [5, 5.41) is 8.34. The Hall–Kier alpha value is -2.56. The monoisotopic (exact) mass is 322 g/mol. The molecule has 3 aromatic rings. The molecule has 124 valence electrons. The first-order chi connectivity index (χ1) is 11.8. The van der Waals surface area contributed by atoms with Crippen molar-refractivity contribution in [2.24, 2.45) is 0 Å². The van der Waals surface area contributed by atoms with Crippen LogP contribution in [0.5, 0.6) is 5.75 Å². The van der Waals surface area contributed by atoms with Crippen LogP contribution >= 0.6 is 0 Å². The topological polar surface area (TPSA) is 51.5 Å². The molecule has 0 bridgehead atoms. The fraction of sp³-hybridized carbons (Fsp3) is 0.368. The summed E-state index contributed by atoms with van der Waals surface area (Å²) in [5.41, 5.74) is 2.92. The van der Waals surface area contributed by atoms with Crippen LogP contribution in [0.4, 0.5) is 5.82 Å². The largest absolute Gasteiger partial charge is 0.497 e. The lowest BCUT2D eigenvalue weighted by Gasteiger charge is -2.23. The molecule has 2 aromatic heterocycles. The number of aromatic nitrogens is 3. The average molecular weight is 322 g/mol. The Morgan fingerprint density at radius 1 is 1.04 bits per heavy atom. The highest BCUT2D eigenvalue weighted by Crippen LogP contribution is 2.24. The van der Waals surface area contributed by atoms with Crippen molar-refractivity contribution in [2.45, 2.75) is 38.1 Å². The Balaban J connectivity index is 1.64. The number of fused-ring (bicyclic) bond motifs is 1. The predicted molar refractivity (Wildman–Crippen MR) is 95.5 cm³/mol. The molecule has 0 unspecified atom stereocenters. The first-order valence-electron chi connectivity index (χ1n) is 8.59. The average Bonchev–Trinajstić information content (AvgIpc) is 3.06. The Labute approximate surface area is 141 Å². The van der Waals surface area contributed by atoms with Gasteiger partial charge in [0.15, 0.2) is 5.65 Å². The molecule has 0 atom stereocenters. The van der Waals surface area contributed by atoms with Crippen LogP contribution in [0.25, 0.3) is 16.9 Å². The Morgan fingerprint density at radius 2 is 1.83 bits per heavy atom. The van der Waals surface area contributed by atoms with E-state index in [0.717, 1.165) is 28.5 Å². The number of anilines is 1. The van der Waals surface area contributed by atoms with Gasteiger partial charge in [-0.1, -0.05) is 19.3 Å². The van der Waals surface area contributed by atoms with Crippen molar-refractivity contribution in [1.82, 2.24) is 14.6 Å². The lowest BCUT2D eigenvalue weighted by atomic mass is 9.95. The molecule has 0 aliphatic heterocycles. The van der Waals surface area contributed by atoms with E-state index in [1.807, 2.05) is 47.1 Å². The van der Waals surface area contributed by atoms with Crippen molar-refractivity contribution in [2.75, 3.05) is 12.4 Å². The number of rotatable bonds is 4. The predicted octanol–water partition coefficient (Wildman–Crippen LogP) is 4.15. The van der Waals surface area contributed by atoms with Crippen molar-refractivity contribution in [3.63, 3.8) is 0 Å². The van der Waals surface area contributed by atoms with Gasteiger partial charge in [-0.2, -0.15) is 0 Å². The standard InChI is InChI=1S/C19H22N4O/c1-24-16-9-7-14(8-10-16)17-13-20-19-12-11-18(22-23(17)19)21-15-5-3-2-4-6-15/h7-13,15H,2-6H2,1H3,(H,21,22). The minimum atomic E-state index is 0.539. The van der Waals surface area contributed by atoms with E-state index in [4.69, 9.17) is 9.84 Å².